The van der Waals surface area contributed by atoms with Gasteiger partial charge in [-0.3, -0.25) is 9.59 Å². The Balaban J connectivity index is 2.33. The molecule has 1 unspecified atom stereocenters. The van der Waals surface area contributed by atoms with Crippen LogP contribution in [0.15, 0.2) is 11.6 Å². The largest absolute Gasteiger partial charge is 0.300 e. The van der Waals surface area contributed by atoms with Gasteiger partial charge in [0, 0.05) is 12.8 Å². The Bertz CT molecular complexity index is 340. The summed E-state index contributed by atoms with van der Waals surface area (Å²) in [7, 11) is 0. The summed E-state index contributed by atoms with van der Waals surface area (Å²) in [6.45, 7) is 3.81. The van der Waals surface area contributed by atoms with Crippen LogP contribution in [0.1, 0.15) is 46.0 Å². The molecule has 0 saturated heterocycles. The third-order valence-electron chi connectivity index (χ3n) is 4.16. The minimum Gasteiger partial charge on any atom is -0.300 e. The molecule has 0 aromatic rings. The highest BCUT2D eigenvalue weighted by Crippen LogP contribution is 2.50. The molecule has 0 aromatic carbocycles. The Kier molecular flexibility index (Phi) is 2.53. The molecule has 2 rings (SSSR count). The maximum absolute atomic E-state index is 11.6. The molecule has 0 N–H and O–H groups in total. The zero-order valence-electron chi connectivity index (χ0n) is 9.51. The van der Waals surface area contributed by atoms with E-state index < -0.39 is 0 Å². The first-order valence-electron chi connectivity index (χ1n) is 5.77. The van der Waals surface area contributed by atoms with Crippen LogP contribution in [0.3, 0.4) is 0 Å². The van der Waals surface area contributed by atoms with Crippen LogP contribution >= 0.6 is 0 Å². The topological polar surface area (TPSA) is 34.1 Å². The lowest BCUT2D eigenvalue weighted by Crippen LogP contribution is -2.39. The summed E-state index contributed by atoms with van der Waals surface area (Å²) < 4.78 is 0. The smallest absolute Gasteiger partial charge is 0.156 e. The van der Waals surface area contributed by atoms with Crippen molar-refractivity contribution in [2.45, 2.75) is 46.0 Å². The number of hydrogen-bond donors (Lipinski definition) is 0. The molecule has 0 aliphatic heterocycles. The first-order chi connectivity index (χ1) is 7.04. The Hall–Kier alpha value is -0.920. The van der Waals surface area contributed by atoms with Gasteiger partial charge in [0.15, 0.2) is 5.78 Å². The molecular formula is C13H18O2. The second kappa shape index (κ2) is 3.58. The van der Waals surface area contributed by atoms with E-state index in [2.05, 4.69) is 13.0 Å². The molecule has 1 fully saturated rings. The van der Waals surface area contributed by atoms with E-state index in [0.29, 0.717) is 24.5 Å². The second-order valence-corrected chi connectivity index (χ2v) is 5.11. The van der Waals surface area contributed by atoms with Crippen molar-refractivity contribution in [3.8, 4) is 0 Å². The first kappa shape index (κ1) is 10.6. The number of rotatable bonds is 1. The Labute approximate surface area is 90.7 Å². The SMILES string of the molecule is CC(=O)C1=CCCC2CC(=O)CC[C@]12C. The van der Waals surface area contributed by atoms with Gasteiger partial charge in [0.25, 0.3) is 0 Å². The zero-order chi connectivity index (χ0) is 11.1. The first-order valence-corrected chi connectivity index (χ1v) is 5.77. The number of allylic oxidation sites excluding steroid dienone is 2. The van der Waals surface area contributed by atoms with Crippen molar-refractivity contribution < 1.29 is 9.59 Å². The van der Waals surface area contributed by atoms with E-state index in [1.54, 1.807) is 6.92 Å². The second-order valence-electron chi connectivity index (χ2n) is 5.11. The van der Waals surface area contributed by atoms with E-state index in [9.17, 15) is 9.59 Å². The van der Waals surface area contributed by atoms with Crippen LogP contribution in [0.5, 0.6) is 0 Å². The summed E-state index contributed by atoms with van der Waals surface area (Å²) in [4.78, 5) is 23.0. The van der Waals surface area contributed by atoms with E-state index >= 15 is 0 Å². The predicted molar refractivity (Wildman–Crippen MR) is 58.5 cm³/mol. The van der Waals surface area contributed by atoms with Crippen molar-refractivity contribution in [2.75, 3.05) is 0 Å². The lowest BCUT2D eigenvalue weighted by atomic mass is 9.59. The molecule has 2 aliphatic rings. The highest BCUT2D eigenvalue weighted by atomic mass is 16.1. The minimum absolute atomic E-state index is 0.0159. The maximum Gasteiger partial charge on any atom is 0.156 e. The molecule has 82 valence electrons. The van der Waals surface area contributed by atoms with Crippen molar-refractivity contribution in [3.63, 3.8) is 0 Å². The van der Waals surface area contributed by atoms with Gasteiger partial charge < -0.3 is 0 Å². The van der Waals surface area contributed by atoms with Crippen molar-refractivity contribution >= 4 is 11.6 Å². The number of ketones is 2. The van der Waals surface area contributed by atoms with Gasteiger partial charge in [-0.2, -0.15) is 0 Å². The highest BCUT2D eigenvalue weighted by Gasteiger charge is 2.44. The van der Waals surface area contributed by atoms with E-state index in [1.165, 1.54) is 0 Å². The third kappa shape index (κ3) is 1.66. The molecule has 2 nitrogen and oxygen atoms in total. The monoisotopic (exact) mass is 206 g/mol. The van der Waals surface area contributed by atoms with Crippen LogP contribution in [-0.2, 0) is 9.59 Å². The molecule has 0 aromatic heterocycles. The average Bonchev–Trinajstić information content (AvgIpc) is 2.17. The van der Waals surface area contributed by atoms with Crippen LogP contribution in [0.4, 0.5) is 0 Å². The van der Waals surface area contributed by atoms with Gasteiger partial charge in [0.05, 0.1) is 0 Å². The average molecular weight is 206 g/mol. The quantitative estimate of drug-likeness (QED) is 0.661. The summed E-state index contributed by atoms with van der Waals surface area (Å²) in [5.74, 6) is 0.974. The van der Waals surface area contributed by atoms with Gasteiger partial charge in [-0.05, 0) is 43.1 Å². The minimum atomic E-state index is -0.0159. The lowest BCUT2D eigenvalue weighted by molar-refractivity contribution is -0.126. The van der Waals surface area contributed by atoms with E-state index in [-0.39, 0.29) is 11.2 Å². The molecule has 0 bridgehead atoms. The summed E-state index contributed by atoms with van der Waals surface area (Å²) in [5.41, 5.74) is 0.962. The lowest BCUT2D eigenvalue weighted by Gasteiger charge is -2.44. The predicted octanol–water partition coefficient (Wildman–Crippen LogP) is 2.67. The van der Waals surface area contributed by atoms with Crippen LogP contribution in [0.2, 0.25) is 0 Å². The molecule has 15 heavy (non-hydrogen) atoms. The molecule has 0 heterocycles. The van der Waals surface area contributed by atoms with Crippen LogP contribution in [0, 0.1) is 11.3 Å². The van der Waals surface area contributed by atoms with E-state index in [4.69, 9.17) is 0 Å². The van der Waals surface area contributed by atoms with Gasteiger partial charge in [0.2, 0.25) is 0 Å². The van der Waals surface area contributed by atoms with Crippen molar-refractivity contribution in [2.24, 2.45) is 11.3 Å². The Morgan fingerprint density at radius 3 is 2.93 bits per heavy atom. The molecule has 2 atom stereocenters. The van der Waals surface area contributed by atoms with E-state index in [1.807, 2.05) is 0 Å². The molecule has 2 aliphatic carbocycles. The molecular weight excluding hydrogens is 188 g/mol. The molecule has 2 heteroatoms. The maximum atomic E-state index is 11.6. The number of carbonyl (C=O) groups is 2. The third-order valence-corrected chi connectivity index (χ3v) is 4.16. The van der Waals surface area contributed by atoms with Gasteiger partial charge in [-0.15, -0.1) is 0 Å². The summed E-state index contributed by atoms with van der Waals surface area (Å²) in [5, 5.41) is 0. The Morgan fingerprint density at radius 2 is 2.27 bits per heavy atom. The summed E-state index contributed by atoms with van der Waals surface area (Å²) in [6, 6.07) is 0. The van der Waals surface area contributed by atoms with Gasteiger partial charge in [-0.1, -0.05) is 13.0 Å². The van der Waals surface area contributed by atoms with E-state index in [0.717, 1.165) is 24.8 Å². The number of hydrogen-bond acceptors (Lipinski definition) is 2. The number of fused-ring (bicyclic) bond motifs is 1. The summed E-state index contributed by atoms with van der Waals surface area (Å²) >= 11 is 0. The zero-order valence-corrected chi connectivity index (χ0v) is 9.51. The Morgan fingerprint density at radius 1 is 1.53 bits per heavy atom. The fraction of sp³-hybridized carbons (Fsp3) is 0.692. The van der Waals surface area contributed by atoms with Crippen LogP contribution < -0.4 is 0 Å². The van der Waals surface area contributed by atoms with Crippen molar-refractivity contribution in [1.29, 1.82) is 0 Å². The summed E-state index contributed by atoms with van der Waals surface area (Å²) in [6.07, 6.45) is 6.32. The van der Waals surface area contributed by atoms with Gasteiger partial charge in [0.1, 0.15) is 5.78 Å². The van der Waals surface area contributed by atoms with Crippen LogP contribution in [0.25, 0.3) is 0 Å². The number of Topliss-reactive ketones (excluding diaryl/α,β-unsaturated/α-hetero) is 2. The van der Waals surface area contributed by atoms with Gasteiger partial charge in [-0.25, -0.2) is 0 Å². The molecule has 0 spiro atoms. The van der Waals surface area contributed by atoms with Crippen molar-refractivity contribution in [3.05, 3.63) is 11.6 Å². The molecule has 0 radical (unpaired) electrons. The molecule has 1 saturated carbocycles. The standard InChI is InChI=1S/C13H18O2/c1-9(14)12-5-3-4-10-8-11(15)6-7-13(10,12)2/h5,10H,3-4,6-8H2,1-2H3/t10?,13-/m0/s1. The normalized spacial score (nSPS) is 35.7. The number of carbonyl (C=O) groups excluding carboxylic acids is 2. The van der Waals surface area contributed by atoms with Gasteiger partial charge >= 0.3 is 0 Å². The fourth-order valence-electron chi connectivity index (χ4n) is 3.19. The highest BCUT2D eigenvalue weighted by molar-refractivity contribution is 5.95. The van der Waals surface area contributed by atoms with Crippen LogP contribution in [-0.4, -0.2) is 11.6 Å². The fourth-order valence-corrected chi connectivity index (χ4v) is 3.19. The molecule has 0 amide bonds. The van der Waals surface area contributed by atoms with Crippen molar-refractivity contribution in [1.82, 2.24) is 0 Å².